The van der Waals surface area contributed by atoms with Gasteiger partial charge in [-0.3, -0.25) is 9.52 Å². The number of para-hydroxylation sites is 2. The Bertz CT molecular complexity index is 939. The molecule has 0 aliphatic rings. The van der Waals surface area contributed by atoms with Gasteiger partial charge in [0, 0.05) is 11.3 Å². The van der Waals surface area contributed by atoms with Crippen LogP contribution in [0.3, 0.4) is 0 Å². The molecule has 1 unspecified atom stereocenters. The number of ether oxygens (including phenoxy) is 3. The number of ketones is 1. The van der Waals surface area contributed by atoms with Gasteiger partial charge in [0.25, 0.3) is 0 Å². The van der Waals surface area contributed by atoms with Gasteiger partial charge in [-0.25, -0.2) is 13.2 Å². The van der Waals surface area contributed by atoms with E-state index in [1.807, 2.05) is 0 Å². The van der Waals surface area contributed by atoms with Crippen LogP contribution in [-0.2, 0) is 19.6 Å². The van der Waals surface area contributed by atoms with Crippen LogP contribution in [0.1, 0.15) is 17.3 Å². The van der Waals surface area contributed by atoms with Crippen LogP contribution in [0.4, 0.5) is 5.69 Å². The molecule has 0 heterocycles. The summed E-state index contributed by atoms with van der Waals surface area (Å²) in [5.41, 5.74) is 0.610. The van der Waals surface area contributed by atoms with E-state index in [9.17, 15) is 18.0 Å². The van der Waals surface area contributed by atoms with Crippen molar-refractivity contribution >= 4 is 27.5 Å². The average molecular weight is 407 g/mol. The molecule has 0 radical (unpaired) electrons. The number of benzene rings is 2. The molecule has 2 aromatic rings. The lowest BCUT2D eigenvalue weighted by atomic mass is 10.1. The number of carbonyl (C=O) groups excluding carboxylic acids is 2. The molecular weight excluding hydrogens is 386 g/mol. The van der Waals surface area contributed by atoms with Crippen LogP contribution < -0.4 is 14.2 Å². The third-order valence-electron chi connectivity index (χ3n) is 3.56. The molecule has 0 amide bonds. The zero-order valence-corrected chi connectivity index (χ0v) is 16.5. The van der Waals surface area contributed by atoms with Crippen molar-refractivity contribution < 1.29 is 32.2 Å². The number of methoxy groups -OCH3 is 1. The lowest BCUT2D eigenvalue weighted by Gasteiger charge is -2.14. The fourth-order valence-electron chi connectivity index (χ4n) is 2.31. The summed E-state index contributed by atoms with van der Waals surface area (Å²) in [6.07, 6.45) is 0.00299. The summed E-state index contributed by atoms with van der Waals surface area (Å²) in [5.74, 6) is -0.268. The molecule has 0 aliphatic carbocycles. The van der Waals surface area contributed by atoms with Crippen molar-refractivity contribution in [3.8, 4) is 11.5 Å². The predicted molar refractivity (Wildman–Crippen MR) is 103 cm³/mol. The standard InChI is InChI=1S/C19H21NO7S/c1-13(19(22)14-8-10-15(11-9-14)20-28(3,23)24)27-18(21)12-26-17-7-5-4-6-16(17)25-2/h4-11,13,20H,12H2,1-3H3. The summed E-state index contributed by atoms with van der Waals surface area (Å²) in [7, 11) is -1.92. The van der Waals surface area contributed by atoms with Gasteiger partial charge in [-0.2, -0.15) is 0 Å². The van der Waals surface area contributed by atoms with Gasteiger partial charge < -0.3 is 14.2 Å². The SMILES string of the molecule is COc1ccccc1OCC(=O)OC(C)C(=O)c1ccc(NS(C)(=O)=O)cc1. The van der Waals surface area contributed by atoms with E-state index >= 15 is 0 Å². The minimum absolute atomic E-state index is 0.282. The van der Waals surface area contributed by atoms with E-state index in [0.29, 0.717) is 17.2 Å². The Kier molecular flexibility index (Phi) is 7.00. The molecule has 150 valence electrons. The number of Topliss-reactive ketones (excluding diaryl/α,β-unsaturated/α-hetero) is 1. The first kappa shape index (κ1) is 21.2. The van der Waals surface area contributed by atoms with Crippen LogP contribution in [0.15, 0.2) is 48.5 Å². The molecule has 0 fully saturated rings. The fourth-order valence-corrected chi connectivity index (χ4v) is 2.87. The largest absolute Gasteiger partial charge is 0.493 e. The van der Waals surface area contributed by atoms with Gasteiger partial charge in [0.05, 0.1) is 13.4 Å². The summed E-state index contributed by atoms with van der Waals surface area (Å²) in [4.78, 5) is 24.3. The van der Waals surface area contributed by atoms with E-state index in [-0.39, 0.29) is 12.2 Å². The van der Waals surface area contributed by atoms with Crippen LogP contribution in [0.5, 0.6) is 11.5 Å². The maximum atomic E-state index is 12.4. The number of rotatable bonds is 9. The Labute approximate surface area is 163 Å². The second kappa shape index (κ2) is 9.23. The van der Waals surface area contributed by atoms with E-state index < -0.39 is 27.9 Å². The Morgan fingerprint density at radius 1 is 1.04 bits per heavy atom. The fraction of sp³-hybridized carbons (Fsp3) is 0.263. The molecule has 9 heteroatoms. The smallest absolute Gasteiger partial charge is 0.344 e. The highest BCUT2D eigenvalue weighted by molar-refractivity contribution is 7.92. The molecule has 2 aromatic carbocycles. The Hall–Kier alpha value is -3.07. The normalized spacial score (nSPS) is 12.0. The van der Waals surface area contributed by atoms with Gasteiger partial charge in [-0.1, -0.05) is 12.1 Å². The molecule has 2 rings (SSSR count). The van der Waals surface area contributed by atoms with Crippen molar-refractivity contribution in [2.75, 3.05) is 24.7 Å². The second-order valence-corrected chi connectivity index (χ2v) is 7.64. The van der Waals surface area contributed by atoms with Gasteiger partial charge in [0.2, 0.25) is 15.8 Å². The maximum absolute atomic E-state index is 12.4. The molecule has 28 heavy (non-hydrogen) atoms. The van der Waals surface area contributed by atoms with Crippen LogP contribution in [0, 0.1) is 0 Å². The zero-order valence-electron chi connectivity index (χ0n) is 15.7. The topological polar surface area (TPSA) is 108 Å². The molecule has 8 nitrogen and oxygen atoms in total. The van der Waals surface area contributed by atoms with Crippen molar-refractivity contribution in [2.45, 2.75) is 13.0 Å². The lowest BCUT2D eigenvalue weighted by Crippen LogP contribution is -2.27. The second-order valence-electron chi connectivity index (χ2n) is 5.89. The number of nitrogens with one attached hydrogen (secondary N) is 1. The highest BCUT2D eigenvalue weighted by atomic mass is 32.2. The Morgan fingerprint density at radius 3 is 2.21 bits per heavy atom. The van der Waals surface area contributed by atoms with E-state index in [4.69, 9.17) is 14.2 Å². The highest BCUT2D eigenvalue weighted by Gasteiger charge is 2.20. The Morgan fingerprint density at radius 2 is 1.64 bits per heavy atom. The van der Waals surface area contributed by atoms with E-state index in [1.54, 1.807) is 24.3 Å². The summed E-state index contributed by atoms with van der Waals surface area (Å²) in [5, 5.41) is 0. The maximum Gasteiger partial charge on any atom is 0.344 e. The molecule has 0 saturated heterocycles. The number of carbonyl (C=O) groups is 2. The van der Waals surface area contributed by atoms with E-state index in [0.717, 1.165) is 6.26 Å². The van der Waals surface area contributed by atoms with Crippen LogP contribution in [0.2, 0.25) is 0 Å². The third-order valence-corrected chi connectivity index (χ3v) is 4.17. The number of sulfonamides is 1. The monoisotopic (exact) mass is 407 g/mol. The molecule has 0 spiro atoms. The summed E-state index contributed by atoms with van der Waals surface area (Å²) in [6.45, 7) is 1.07. The van der Waals surface area contributed by atoms with E-state index in [1.165, 1.54) is 38.3 Å². The minimum Gasteiger partial charge on any atom is -0.493 e. The number of esters is 1. The first-order chi connectivity index (χ1) is 13.2. The quantitative estimate of drug-likeness (QED) is 0.502. The van der Waals surface area contributed by atoms with Crippen LogP contribution in [-0.4, -0.2) is 46.2 Å². The molecular formula is C19H21NO7S. The first-order valence-corrected chi connectivity index (χ1v) is 10.2. The van der Waals surface area contributed by atoms with Crippen molar-refractivity contribution in [3.63, 3.8) is 0 Å². The molecule has 0 aromatic heterocycles. The Balaban J connectivity index is 1.91. The molecule has 1 atom stereocenters. The van der Waals surface area contributed by atoms with Gasteiger partial charge >= 0.3 is 5.97 Å². The van der Waals surface area contributed by atoms with Gasteiger partial charge in [-0.15, -0.1) is 0 Å². The number of anilines is 1. The van der Waals surface area contributed by atoms with E-state index in [2.05, 4.69) is 4.72 Å². The molecule has 0 aliphatic heterocycles. The third kappa shape index (κ3) is 6.27. The van der Waals surface area contributed by atoms with Crippen molar-refractivity contribution in [1.29, 1.82) is 0 Å². The highest BCUT2D eigenvalue weighted by Crippen LogP contribution is 2.25. The van der Waals surface area contributed by atoms with Gasteiger partial charge in [0.15, 0.2) is 24.2 Å². The summed E-state index contributed by atoms with van der Waals surface area (Å²) in [6, 6.07) is 12.6. The zero-order chi connectivity index (χ0) is 20.7. The molecule has 0 bridgehead atoms. The average Bonchev–Trinajstić information content (AvgIpc) is 2.65. The first-order valence-electron chi connectivity index (χ1n) is 8.27. The van der Waals surface area contributed by atoms with Gasteiger partial charge in [-0.05, 0) is 43.3 Å². The number of hydrogen-bond donors (Lipinski definition) is 1. The molecule has 0 saturated carbocycles. The lowest BCUT2D eigenvalue weighted by molar-refractivity contribution is -0.148. The van der Waals surface area contributed by atoms with Crippen molar-refractivity contribution in [1.82, 2.24) is 0 Å². The van der Waals surface area contributed by atoms with Crippen molar-refractivity contribution in [2.24, 2.45) is 0 Å². The molecule has 1 N–H and O–H groups in total. The summed E-state index contributed by atoms with van der Waals surface area (Å²) < 4.78 is 40.3. The van der Waals surface area contributed by atoms with Crippen LogP contribution in [0.25, 0.3) is 0 Å². The summed E-state index contributed by atoms with van der Waals surface area (Å²) >= 11 is 0. The predicted octanol–water partition coefficient (Wildman–Crippen LogP) is 2.26. The number of hydrogen-bond acceptors (Lipinski definition) is 7. The van der Waals surface area contributed by atoms with Crippen molar-refractivity contribution in [3.05, 3.63) is 54.1 Å². The van der Waals surface area contributed by atoms with Gasteiger partial charge in [0.1, 0.15) is 0 Å². The minimum atomic E-state index is -3.40. The van der Waals surface area contributed by atoms with Crippen LogP contribution >= 0.6 is 0 Å².